The number of halogens is 6. The van der Waals surface area contributed by atoms with Crippen molar-refractivity contribution in [2.24, 2.45) is 0 Å². The number of phenols is 1. The third-order valence-electron chi connectivity index (χ3n) is 7.40. The third kappa shape index (κ3) is 5.74. The molecule has 232 valence electrons. The molecule has 4 aromatic rings. The van der Waals surface area contributed by atoms with E-state index in [1.165, 1.54) is 9.36 Å². The number of ether oxygens (including phenoxy) is 1. The van der Waals surface area contributed by atoms with Crippen molar-refractivity contribution in [3.63, 3.8) is 0 Å². The maximum atomic E-state index is 14.3. The molecule has 44 heavy (non-hydrogen) atoms. The van der Waals surface area contributed by atoms with Gasteiger partial charge in [0.1, 0.15) is 28.5 Å². The summed E-state index contributed by atoms with van der Waals surface area (Å²) in [6.45, 7) is 3.79. The van der Waals surface area contributed by atoms with Crippen LogP contribution in [0.2, 0.25) is 10.3 Å². The summed E-state index contributed by atoms with van der Waals surface area (Å²) in [5.41, 5.74) is -1.08. The van der Waals surface area contributed by atoms with Gasteiger partial charge in [-0.3, -0.25) is 19.0 Å². The van der Waals surface area contributed by atoms with E-state index in [9.17, 15) is 32.3 Å². The van der Waals surface area contributed by atoms with Gasteiger partial charge >= 0.3 is 0 Å². The fourth-order valence-electron chi connectivity index (χ4n) is 5.25. The number of aromatic nitrogens is 4. The van der Waals surface area contributed by atoms with Crippen LogP contribution in [0.1, 0.15) is 32.6 Å². The van der Waals surface area contributed by atoms with Crippen LogP contribution in [0, 0.1) is 35.1 Å². The summed E-state index contributed by atoms with van der Waals surface area (Å²) in [4.78, 5) is 24.9. The Balaban J connectivity index is 0.000000177. The number of rotatable bonds is 4. The van der Waals surface area contributed by atoms with Crippen LogP contribution in [0.15, 0.2) is 33.9 Å². The first-order valence-electron chi connectivity index (χ1n) is 13.7. The standard InChI is InChI=1S/C17H15ClF2N2O2.C13H11ClF2N2O2/c1-2-3-8-24-14-9-11(12(19)10-13(14)20)15-16(18)21-6-4-5-7-22(21)17(15)23;14-12-11(7-5-10(19)9(16)6-8(7)15)13(20)18-4-2-1-3-17(12)18/h9-10H,4-8H2,1H3;5-6,19H,1-4H2. The summed E-state index contributed by atoms with van der Waals surface area (Å²) in [6, 6.07) is 3.29. The maximum absolute atomic E-state index is 14.3. The largest absolute Gasteiger partial charge is 0.505 e. The van der Waals surface area contributed by atoms with Crippen molar-refractivity contribution in [2.75, 3.05) is 6.61 Å². The average Bonchev–Trinajstić information content (AvgIpc) is 3.41. The molecule has 0 saturated carbocycles. The summed E-state index contributed by atoms with van der Waals surface area (Å²) in [5.74, 6) is 0.649. The van der Waals surface area contributed by atoms with Crippen molar-refractivity contribution in [3.8, 4) is 45.6 Å². The lowest BCUT2D eigenvalue weighted by molar-refractivity contribution is 0.346. The van der Waals surface area contributed by atoms with Crippen LogP contribution in [-0.4, -0.2) is 30.4 Å². The highest BCUT2D eigenvalue weighted by Gasteiger charge is 2.26. The molecule has 1 N–H and O–H groups in total. The molecule has 0 saturated heterocycles. The van der Waals surface area contributed by atoms with Crippen LogP contribution in [-0.2, 0) is 26.2 Å². The Bertz CT molecular complexity index is 1930. The molecule has 2 aliphatic heterocycles. The molecule has 0 spiro atoms. The Morgan fingerprint density at radius 1 is 0.727 bits per heavy atom. The fourth-order valence-corrected chi connectivity index (χ4v) is 5.97. The van der Waals surface area contributed by atoms with E-state index in [-0.39, 0.29) is 50.5 Å². The molecule has 0 fully saturated rings. The second-order valence-corrected chi connectivity index (χ2v) is 10.8. The maximum Gasteiger partial charge on any atom is 0.276 e. The van der Waals surface area contributed by atoms with Crippen molar-refractivity contribution in [2.45, 2.75) is 58.8 Å². The molecule has 0 unspecified atom stereocenters. The van der Waals surface area contributed by atoms with Crippen LogP contribution >= 0.6 is 23.2 Å². The SMILES string of the molecule is CC#CCOc1cc(-c2c(Cl)n3n(c2=O)CCCC3)c(F)cc1F.O=c1c(-c2cc(O)c(F)cc2F)c(Cl)n2n1CCCC2. The van der Waals surface area contributed by atoms with E-state index in [4.69, 9.17) is 27.9 Å². The topological polar surface area (TPSA) is 83.3 Å². The smallest absolute Gasteiger partial charge is 0.276 e. The Morgan fingerprint density at radius 2 is 1.18 bits per heavy atom. The second-order valence-electron chi connectivity index (χ2n) is 10.1. The number of nitrogens with zero attached hydrogens (tertiary/aromatic N) is 4. The van der Waals surface area contributed by atoms with Crippen molar-refractivity contribution >= 4 is 23.2 Å². The number of phenolic OH excluding ortho intramolecular Hbond substituents is 1. The van der Waals surface area contributed by atoms with Gasteiger partial charge in [0.25, 0.3) is 11.1 Å². The van der Waals surface area contributed by atoms with Crippen molar-refractivity contribution < 1.29 is 27.4 Å². The lowest BCUT2D eigenvalue weighted by Crippen LogP contribution is -2.27. The monoisotopic (exact) mass is 652 g/mol. The molecule has 2 aliphatic rings. The minimum absolute atomic E-state index is 0.0301. The molecule has 0 amide bonds. The zero-order valence-electron chi connectivity index (χ0n) is 23.4. The van der Waals surface area contributed by atoms with Crippen LogP contribution in [0.25, 0.3) is 22.3 Å². The lowest BCUT2D eigenvalue weighted by Gasteiger charge is -2.17. The third-order valence-corrected chi connectivity index (χ3v) is 8.17. The predicted molar refractivity (Wildman–Crippen MR) is 157 cm³/mol. The van der Waals surface area contributed by atoms with Gasteiger partial charge in [-0.05, 0) is 44.7 Å². The average molecular weight is 653 g/mol. The Morgan fingerprint density at radius 3 is 1.66 bits per heavy atom. The van der Waals surface area contributed by atoms with Crippen molar-refractivity contribution in [3.05, 3.63) is 78.5 Å². The molecule has 0 aliphatic carbocycles. The summed E-state index contributed by atoms with van der Waals surface area (Å²) in [5, 5.41) is 9.64. The summed E-state index contributed by atoms with van der Waals surface area (Å²) < 4.78 is 66.5. The highest BCUT2D eigenvalue weighted by molar-refractivity contribution is 6.32. The molecule has 0 radical (unpaired) electrons. The summed E-state index contributed by atoms with van der Waals surface area (Å²) in [6.07, 6.45) is 3.47. The first kappa shape index (κ1) is 31.3. The van der Waals surface area contributed by atoms with Gasteiger partial charge in [0.15, 0.2) is 23.1 Å². The van der Waals surface area contributed by atoms with Gasteiger partial charge in [0, 0.05) is 49.4 Å². The Kier molecular flexibility index (Phi) is 9.18. The number of benzene rings is 2. The van der Waals surface area contributed by atoms with E-state index in [1.807, 2.05) is 0 Å². The van der Waals surface area contributed by atoms with E-state index in [0.717, 1.165) is 37.8 Å². The van der Waals surface area contributed by atoms with E-state index < -0.39 is 34.6 Å². The minimum Gasteiger partial charge on any atom is -0.505 e. The van der Waals surface area contributed by atoms with E-state index in [1.54, 1.807) is 16.3 Å². The van der Waals surface area contributed by atoms with Gasteiger partial charge in [-0.1, -0.05) is 29.1 Å². The minimum atomic E-state index is -1.08. The number of fused-ring (bicyclic) bond motifs is 2. The first-order valence-corrected chi connectivity index (χ1v) is 14.5. The van der Waals surface area contributed by atoms with Crippen LogP contribution < -0.4 is 15.9 Å². The fraction of sp³-hybridized carbons (Fsp3) is 0.333. The van der Waals surface area contributed by atoms with E-state index in [2.05, 4.69) is 11.8 Å². The molecule has 0 bridgehead atoms. The molecular weight excluding hydrogens is 627 g/mol. The van der Waals surface area contributed by atoms with Crippen LogP contribution in [0.5, 0.6) is 11.5 Å². The second kappa shape index (κ2) is 12.9. The van der Waals surface area contributed by atoms with Gasteiger partial charge in [-0.25, -0.2) is 26.9 Å². The number of hydrogen-bond donors (Lipinski definition) is 1. The van der Waals surface area contributed by atoms with Crippen LogP contribution in [0.4, 0.5) is 17.6 Å². The number of hydrogen-bond acceptors (Lipinski definition) is 4. The zero-order valence-corrected chi connectivity index (χ0v) is 24.9. The quantitative estimate of drug-likeness (QED) is 0.210. The Labute approximate surface area is 258 Å². The predicted octanol–water partition coefficient (Wildman–Crippen LogP) is 6.19. The summed E-state index contributed by atoms with van der Waals surface area (Å²) in [7, 11) is 0. The molecule has 2 aromatic carbocycles. The lowest BCUT2D eigenvalue weighted by atomic mass is 10.1. The van der Waals surface area contributed by atoms with E-state index >= 15 is 0 Å². The summed E-state index contributed by atoms with van der Waals surface area (Å²) >= 11 is 12.4. The zero-order chi connectivity index (χ0) is 31.7. The highest BCUT2D eigenvalue weighted by atomic mass is 35.5. The van der Waals surface area contributed by atoms with Crippen LogP contribution in [0.3, 0.4) is 0 Å². The van der Waals surface area contributed by atoms with Gasteiger partial charge < -0.3 is 9.84 Å². The highest BCUT2D eigenvalue weighted by Crippen LogP contribution is 2.34. The van der Waals surface area contributed by atoms with Gasteiger partial charge in [0.05, 0.1) is 11.1 Å². The molecule has 4 heterocycles. The van der Waals surface area contributed by atoms with Gasteiger partial charge in [-0.15, -0.1) is 5.92 Å². The molecule has 8 nitrogen and oxygen atoms in total. The molecule has 6 rings (SSSR count). The number of aromatic hydroxyl groups is 1. The van der Waals surface area contributed by atoms with Gasteiger partial charge in [0.2, 0.25) is 0 Å². The van der Waals surface area contributed by atoms with Gasteiger partial charge in [-0.2, -0.15) is 0 Å². The molecule has 2 aromatic heterocycles. The molecule has 0 atom stereocenters. The molecular formula is C30H26Cl2F4N4O4. The van der Waals surface area contributed by atoms with Crippen molar-refractivity contribution in [1.82, 2.24) is 18.7 Å². The molecule has 14 heteroatoms. The normalized spacial score (nSPS) is 13.7. The van der Waals surface area contributed by atoms with Crippen molar-refractivity contribution in [1.29, 1.82) is 0 Å². The van der Waals surface area contributed by atoms with E-state index in [0.29, 0.717) is 38.3 Å². The first-order chi connectivity index (χ1) is 21.0. The Hall–Kier alpha value is -4.08.